The zero-order valence-electron chi connectivity index (χ0n) is 11.6. The van der Waals surface area contributed by atoms with E-state index in [1.807, 2.05) is 0 Å². The molecule has 1 aromatic rings. The van der Waals surface area contributed by atoms with Crippen LogP contribution in [0.1, 0.15) is 50.5 Å². The molecule has 0 amide bonds. The second-order valence-electron chi connectivity index (χ2n) is 6.13. The molecule has 110 valence electrons. The monoisotopic (exact) mass is 341 g/mol. The van der Waals surface area contributed by atoms with Crippen LogP contribution in [0.3, 0.4) is 0 Å². The van der Waals surface area contributed by atoms with Crippen LogP contribution in [-0.4, -0.2) is 12.6 Å². The first-order valence-electron chi connectivity index (χ1n) is 7.51. The van der Waals surface area contributed by atoms with Gasteiger partial charge in [-0.2, -0.15) is 0 Å². The standard InChI is InChI=1S/C16H21BrFNO/c17-14-9-11(18)8-13(15(14)20-12-4-5-12)16(10-19)6-2-1-3-7-16/h8-9,12H,1-7,10,19H2. The van der Waals surface area contributed by atoms with Gasteiger partial charge < -0.3 is 10.5 Å². The van der Waals surface area contributed by atoms with Crippen LogP contribution in [0.2, 0.25) is 0 Å². The van der Waals surface area contributed by atoms with Gasteiger partial charge in [0.1, 0.15) is 11.6 Å². The van der Waals surface area contributed by atoms with Crippen LogP contribution in [0.15, 0.2) is 16.6 Å². The summed E-state index contributed by atoms with van der Waals surface area (Å²) in [4.78, 5) is 0. The summed E-state index contributed by atoms with van der Waals surface area (Å²) < 4.78 is 20.7. The zero-order valence-corrected chi connectivity index (χ0v) is 13.2. The lowest BCUT2D eigenvalue weighted by molar-refractivity contribution is 0.260. The number of hydrogen-bond acceptors (Lipinski definition) is 2. The minimum Gasteiger partial charge on any atom is -0.489 e. The predicted octanol–water partition coefficient (Wildman–Crippen LogP) is 4.29. The molecule has 0 radical (unpaired) electrons. The smallest absolute Gasteiger partial charge is 0.137 e. The van der Waals surface area contributed by atoms with Crippen molar-refractivity contribution in [3.05, 3.63) is 28.0 Å². The van der Waals surface area contributed by atoms with E-state index in [1.54, 1.807) is 6.07 Å². The van der Waals surface area contributed by atoms with Crippen molar-refractivity contribution in [1.82, 2.24) is 0 Å². The van der Waals surface area contributed by atoms with E-state index in [9.17, 15) is 4.39 Å². The van der Waals surface area contributed by atoms with Gasteiger partial charge in [0.05, 0.1) is 10.6 Å². The molecule has 0 aliphatic heterocycles. The topological polar surface area (TPSA) is 35.2 Å². The molecule has 2 saturated carbocycles. The van der Waals surface area contributed by atoms with E-state index >= 15 is 0 Å². The van der Waals surface area contributed by atoms with Crippen molar-refractivity contribution in [3.8, 4) is 5.75 Å². The third-order valence-electron chi connectivity index (χ3n) is 4.59. The quantitative estimate of drug-likeness (QED) is 0.886. The van der Waals surface area contributed by atoms with Gasteiger partial charge in [-0.3, -0.25) is 0 Å². The summed E-state index contributed by atoms with van der Waals surface area (Å²) in [6.07, 6.45) is 8.12. The van der Waals surface area contributed by atoms with Crippen LogP contribution in [0, 0.1) is 5.82 Å². The van der Waals surface area contributed by atoms with Crippen molar-refractivity contribution in [2.75, 3.05) is 6.54 Å². The lowest BCUT2D eigenvalue weighted by atomic mass is 9.69. The summed E-state index contributed by atoms with van der Waals surface area (Å²) in [6, 6.07) is 3.13. The number of rotatable bonds is 4. The van der Waals surface area contributed by atoms with Crippen LogP contribution < -0.4 is 10.5 Å². The summed E-state index contributed by atoms with van der Waals surface area (Å²) in [5.74, 6) is 0.606. The molecule has 0 bridgehead atoms. The number of ether oxygens (including phenoxy) is 1. The molecule has 2 fully saturated rings. The molecule has 4 heteroatoms. The van der Waals surface area contributed by atoms with Crippen molar-refractivity contribution in [3.63, 3.8) is 0 Å². The Bertz CT molecular complexity index is 495. The number of hydrogen-bond donors (Lipinski definition) is 1. The predicted molar refractivity (Wildman–Crippen MR) is 81.6 cm³/mol. The molecule has 0 atom stereocenters. The maximum atomic E-state index is 13.9. The highest BCUT2D eigenvalue weighted by Gasteiger charge is 2.37. The zero-order chi connectivity index (χ0) is 14.2. The normalized spacial score (nSPS) is 21.8. The van der Waals surface area contributed by atoms with E-state index < -0.39 is 0 Å². The van der Waals surface area contributed by atoms with Gasteiger partial charge in [0.25, 0.3) is 0 Å². The van der Waals surface area contributed by atoms with Gasteiger partial charge in [-0.15, -0.1) is 0 Å². The van der Waals surface area contributed by atoms with Gasteiger partial charge in [0.15, 0.2) is 0 Å². The Labute approximate surface area is 128 Å². The molecular weight excluding hydrogens is 321 g/mol. The fourth-order valence-electron chi connectivity index (χ4n) is 3.24. The molecule has 2 aliphatic carbocycles. The third kappa shape index (κ3) is 2.73. The lowest BCUT2D eigenvalue weighted by Gasteiger charge is -2.38. The number of halogens is 2. The van der Waals surface area contributed by atoms with Gasteiger partial charge in [-0.1, -0.05) is 19.3 Å². The summed E-state index contributed by atoms with van der Waals surface area (Å²) in [5, 5.41) is 0. The maximum absolute atomic E-state index is 13.9. The van der Waals surface area contributed by atoms with Crippen molar-refractivity contribution in [2.24, 2.45) is 5.73 Å². The van der Waals surface area contributed by atoms with E-state index in [4.69, 9.17) is 10.5 Å². The average Bonchev–Trinajstić information content (AvgIpc) is 3.26. The SMILES string of the molecule is NCC1(c2cc(F)cc(Br)c2OC2CC2)CCCCC1. The van der Waals surface area contributed by atoms with E-state index in [0.29, 0.717) is 12.6 Å². The molecule has 0 saturated heterocycles. The van der Waals surface area contributed by atoms with E-state index in [-0.39, 0.29) is 11.2 Å². The molecule has 1 aromatic carbocycles. The minimum absolute atomic E-state index is 0.118. The van der Waals surface area contributed by atoms with Gasteiger partial charge in [0, 0.05) is 17.5 Å². The van der Waals surface area contributed by atoms with Crippen LogP contribution in [0.25, 0.3) is 0 Å². The van der Waals surface area contributed by atoms with Gasteiger partial charge >= 0.3 is 0 Å². The van der Waals surface area contributed by atoms with Crippen molar-refractivity contribution in [1.29, 1.82) is 0 Å². The Morgan fingerprint density at radius 1 is 1.25 bits per heavy atom. The molecule has 0 unspecified atom stereocenters. The third-order valence-corrected chi connectivity index (χ3v) is 5.18. The Morgan fingerprint density at radius 2 is 1.95 bits per heavy atom. The number of benzene rings is 1. The Balaban J connectivity index is 2.04. The molecule has 0 spiro atoms. The molecule has 0 heterocycles. The first kappa shape index (κ1) is 14.3. The van der Waals surface area contributed by atoms with Gasteiger partial charge in [0.2, 0.25) is 0 Å². The first-order valence-corrected chi connectivity index (χ1v) is 8.30. The van der Waals surface area contributed by atoms with E-state index in [1.165, 1.54) is 12.5 Å². The molecular formula is C16H21BrFNO. The summed E-state index contributed by atoms with van der Waals surface area (Å²) >= 11 is 3.47. The molecule has 3 rings (SSSR count). The summed E-state index contributed by atoms with van der Waals surface area (Å²) in [6.45, 7) is 0.559. The highest BCUT2D eigenvalue weighted by atomic mass is 79.9. The highest BCUT2D eigenvalue weighted by molar-refractivity contribution is 9.10. The number of nitrogens with two attached hydrogens (primary N) is 1. The molecule has 0 aromatic heterocycles. The van der Waals surface area contributed by atoms with Crippen molar-refractivity contribution in [2.45, 2.75) is 56.5 Å². The van der Waals surface area contributed by atoms with Crippen LogP contribution in [0.5, 0.6) is 5.75 Å². The van der Waals surface area contributed by atoms with Crippen LogP contribution in [-0.2, 0) is 5.41 Å². The second kappa shape index (κ2) is 5.64. The highest BCUT2D eigenvalue weighted by Crippen LogP contribution is 2.46. The Kier molecular flexibility index (Phi) is 4.04. The van der Waals surface area contributed by atoms with Crippen molar-refractivity contribution < 1.29 is 9.13 Å². The maximum Gasteiger partial charge on any atom is 0.137 e. The average molecular weight is 342 g/mol. The molecule has 2 nitrogen and oxygen atoms in total. The molecule has 2 N–H and O–H groups in total. The van der Waals surface area contributed by atoms with Gasteiger partial charge in [-0.05, 0) is 53.7 Å². The Hall–Kier alpha value is -0.610. The minimum atomic E-state index is -0.214. The van der Waals surface area contributed by atoms with Crippen molar-refractivity contribution >= 4 is 15.9 Å². The lowest BCUT2D eigenvalue weighted by Crippen LogP contribution is -2.37. The second-order valence-corrected chi connectivity index (χ2v) is 6.98. The first-order chi connectivity index (χ1) is 9.64. The van der Waals surface area contributed by atoms with Gasteiger partial charge in [-0.25, -0.2) is 4.39 Å². The van der Waals surface area contributed by atoms with Crippen LogP contribution in [0.4, 0.5) is 4.39 Å². The van der Waals surface area contributed by atoms with Crippen LogP contribution >= 0.6 is 15.9 Å². The molecule has 2 aliphatic rings. The largest absolute Gasteiger partial charge is 0.489 e. The fraction of sp³-hybridized carbons (Fsp3) is 0.625. The molecule has 20 heavy (non-hydrogen) atoms. The van der Waals surface area contributed by atoms with E-state index in [2.05, 4.69) is 15.9 Å². The fourth-order valence-corrected chi connectivity index (χ4v) is 3.76. The Morgan fingerprint density at radius 3 is 2.55 bits per heavy atom. The van der Waals surface area contributed by atoms with E-state index in [0.717, 1.165) is 54.3 Å². The summed E-state index contributed by atoms with van der Waals surface area (Å²) in [7, 11) is 0. The summed E-state index contributed by atoms with van der Waals surface area (Å²) in [5.41, 5.74) is 6.95.